The molecule has 0 aromatic heterocycles. The van der Waals surface area contributed by atoms with Crippen molar-refractivity contribution in [1.29, 1.82) is 0 Å². The maximum atomic E-state index is 5.95. The molecule has 0 saturated carbocycles. The first kappa shape index (κ1) is 15.2. The Kier molecular flexibility index (Phi) is 5.85. The number of anilines is 1. The number of hydrogen-bond donors (Lipinski definition) is 2. The second-order valence-corrected chi connectivity index (χ2v) is 5.57. The maximum Gasteiger partial charge on any atom is 0.106 e. The Hall–Kier alpha value is -0.840. The van der Waals surface area contributed by atoms with E-state index in [1.54, 1.807) is 6.07 Å². The molecule has 1 rings (SSSR count). The summed E-state index contributed by atoms with van der Waals surface area (Å²) < 4.78 is 0. The highest BCUT2D eigenvalue weighted by Gasteiger charge is 2.09. The molecule has 100 valence electrons. The zero-order valence-corrected chi connectivity index (χ0v) is 12.6. The number of nitrogens with two attached hydrogens (primary N) is 1. The second-order valence-electron chi connectivity index (χ2n) is 4.69. The smallest absolute Gasteiger partial charge is 0.106 e. The molecule has 3 N–H and O–H groups in total. The number of nitrogens with one attached hydrogen (secondary N) is 1. The van der Waals surface area contributed by atoms with Crippen LogP contribution in [0.3, 0.4) is 0 Å². The summed E-state index contributed by atoms with van der Waals surface area (Å²) in [6.07, 6.45) is 1.05. The van der Waals surface area contributed by atoms with Gasteiger partial charge in [0, 0.05) is 22.3 Å². The van der Waals surface area contributed by atoms with Gasteiger partial charge in [-0.05, 0) is 52.2 Å². The van der Waals surface area contributed by atoms with E-state index in [4.69, 9.17) is 29.6 Å². The van der Waals surface area contributed by atoms with Crippen LogP contribution in [0.1, 0.15) is 18.9 Å². The van der Waals surface area contributed by atoms with Crippen molar-refractivity contribution in [3.8, 4) is 0 Å². The highest BCUT2D eigenvalue weighted by molar-refractivity contribution is 7.80. The number of hydrogen-bond acceptors (Lipinski definition) is 3. The molecule has 0 aliphatic rings. The van der Waals surface area contributed by atoms with Gasteiger partial charge in [-0.2, -0.15) is 0 Å². The van der Waals surface area contributed by atoms with E-state index < -0.39 is 0 Å². The highest BCUT2D eigenvalue weighted by atomic mass is 35.5. The van der Waals surface area contributed by atoms with Gasteiger partial charge in [-0.15, -0.1) is 0 Å². The number of halogens is 1. The van der Waals surface area contributed by atoms with Gasteiger partial charge in [0.2, 0.25) is 0 Å². The summed E-state index contributed by atoms with van der Waals surface area (Å²) in [5, 5.41) is 4.06. The van der Waals surface area contributed by atoms with Crippen molar-refractivity contribution < 1.29 is 0 Å². The van der Waals surface area contributed by atoms with Crippen molar-refractivity contribution in [3.63, 3.8) is 0 Å². The van der Waals surface area contributed by atoms with Crippen LogP contribution in [0, 0.1) is 0 Å². The third kappa shape index (κ3) is 4.80. The van der Waals surface area contributed by atoms with Crippen molar-refractivity contribution >= 4 is 34.5 Å². The molecule has 1 unspecified atom stereocenters. The molecule has 1 atom stereocenters. The summed E-state index contributed by atoms with van der Waals surface area (Å²) in [5.41, 5.74) is 7.45. The van der Waals surface area contributed by atoms with Gasteiger partial charge in [-0.25, -0.2) is 0 Å². The van der Waals surface area contributed by atoms with E-state index in [1.165, 1.54) is 0 Å². The van der Waals surface area contributed by atoms with Crippen LogP contribution in [0.15, 0.2) is 18.2 Å². The van der Waals surface area contributed by atoms with E-state index in [0.29, 0.717) is 16.1 Å². The van der Waals surface area contributed by atoms with Gasteiger partial charge < -0.3 is 16.0 Å². The highest BCUT2D eigenvalue weighted by Crippen LogP contribution is 2.21. The van der Waals surface area contributed by atoms with Crippen molar-refractivity contribution in [1.82, 2.24) is 4.90 Å². The molecule has 3 nitrogen and oxygen atoms in total. The summed E-state index contributed by atoms with van der Waals surface area (Å²) >= 11 is 11.0. The lowest BCUT2D eigenvalue weighted by molar-refractivity contribution is 0.390. The molecule has 0 aliphatic heterocycles. The number of rotatable bonds is 6. The molecule has 0 radical (unpaired) electrons. The Balaban J connectivity index is 2.74. The summed E-state index contributed by atoms with van der Waals surface area (Å²) in [4.78, 5) is 2.52. The van der Waals surface area contributed by atoms with Crippen LogP contribution in [0.25, 0.3) is 0 Å². The standard InChI is InChI=1S/C13H20ClN3S/c1-9(6-7-17(2)3)16-12-5-4-10(14)8-11(12)13(15)18/h4-5,8-9,16H,6-7H2,1-3H3,(H2,15,18). The van der Waals surface area contributed by atoms with Crippen molar-refractivity contribution in [2.24, 2.45) is 5.73 Å². The van der Waals surface area contributed by atoms with E-state index in [0.717, 1.165) is 24.2 Å². The molecule has 0 heterocycles. The fourth-order valence-corrected chi connectivity index (χ4v) is 1.98. The topological polar surface area (TPSA) is 41.3 Å². The molecule has 5 heteroatoms. The molecule has 1 aromatic rings. The number of nitrogens with zero attached hydrogens (tertiary/aromatic N) is 1. The van der Waals surface area contributed by atoms with Gasteiger partial charge in [-0.3, -0.25) is 0 Å². The Morgan fingerprint density at radius 3 is 2.72 bits per heavy atom. The fraction of sp³-hybridized carbons (Fsp3) is 0.462. The minimum Gasteiger partial charge on any atom is -0.389 e. The lowest BCUT2D eigenvalue weighted by Gasteiger charge is -2.19. The van der Waals surface area contributed by atoms with Crippen LogP contribution in [0.4, 0.5) is 5.69 Å². The van der Waals surface area contributed by atoms with Crippen LogP contribution in [-0.2, 0) is 0 Å². The van der Waals surface area contributed by atoms with Gasteiger partial charge in [0.1, 0.15) is 4.99 Å². The minimum atomic E-state index is 0.349. The molecule has 1 aromatic carbocycles. The molecular formula is C13H20ClN3S. The fourth-order valence-electron chi connectivity index (χ4n) is 1.64. The molecule has 0 aliphatic carbocycles. The summed E-state index contributed by atoms with van der Waals surface area (Å²) in [7, 11) is 4.13. The van der Waals surface area contributed by atoms with Crippen LogP contribution < -0.4 is 11.1 Å². The lowest BCUT2D eigenvalue weighted by atomic mass is 10.1. The third-order valence-electron chi connectivity index (χ3n) is 2.66. The number of benzene rings is 1. The quantitative estimate of drug-likeness (QED) is 0.789. The Morgan fingerprint density at radius 1 is 1.50 bits per heavy atom. The molecule has 0 spiro atoms. The molecule has 18 heavy (non-hydrogen) atoms. The first-order valence-electron chi connectivity index (χ1n) is 5.90. The average Bonchev–Trinajstić information content (AvgIpc) is 2.28. The summed E-state index contributed by atoms with van der Waals surface area (Å²) in [5.74, 6) is 0. The number of thiocarbonyl (C=S) groups is 1. The van der Waals surface area contributed by atoms with E-state index >= 15 is 0 Å². The lowest BCUT2D eigenvalue weighted by Crippen LogP contribution is -2.24. The maximum absolute atomic E-state index is 5.95. The van der Waals surface area contributed by atoms with Gasteiger partial charge in [0.25, 0.3) is 0 Å². The first-order chi connectivity index (χ1) is 8.40. The van der Waals surface area contributed by atoms with E-state index in [-0.39, 0.29) is 0 Å². The largest absolute Gasteiger partial charge is 0.389 e. The Morgan fingerprint density at radius 2 is 2.17 bits per heavy atom. The summed E-state index contributed by atoms with van der Waals surface area (Å²) in [6, 6.07) is 5.90. The van der Waals surface area contributed by atoms with Gasteiger partial charge in [-0.1, -0.05) is 23.8 Å². The summed E-state index contributed by atoms with van der Waals surface area (Å²) in [6.45, 7) is 3.17. The molecule has 0 fully saturated rings. The normalized spacial score (nSPS) is 12.5. The van der Waals surface area contributed by atoms with E-state index in [1.807, 2.05) is 12.1 Å². The zero-order valence-electron chi connectivity index (χ0n) is 11.0. The van der Waals surface area contributed by atoms with Crippen LogP contribution >= 0.6 is 23.8 Å². The van der Waals surface area contributed by atoms with Crippen LogP contribution in [0.5, 0.6) is 0 Å². The van der Waals surface area contributed by atoms with Crippen molar-refractivity contribution in [2.75, 3.05) is 26.0 Å². The van der Waals surface area contributed by atoms with E-state index in [2.05, 4.69) is 31.2 Å². The van der Waals surface area contributed by atoms with E-state index in [9.17, 15) is 0 Å². The van der Waals surface area contributed by atoms with Crippen molar-refractivity contribution in [2.45, 2.75) is 19.4 Å². The minimum absolute atomic E-state index is 0.349. The van der Waals surface area contributed by atoms with Gasteiger partial charge in [0.15, 0.2) is 0 Å². The van der Waals surface area contributed by atoms with Crippen molar-refractivity contribution in [3.05, 3.63) is 28.8 Å². The first-order valence-corrected chi connectivity index (χ1v) is 6.69. The Labute approximate surface area is 119 Å². The molecular weight excluding hydrogens is 266 g/mol. The third-order valence-corrected chi connectivity index (χ3v) is 3.11. The van der Waals surface area contributed by atoms with Gasteiger partial charge >= 0.3 is 0 Å². The monoisotopic (exact) mass is 285 g/mol. The predicted octanol–water partition coefficient (Wildman–Crippen LogP) is 2.73. The zero-order chi connectivity index (χ0) is 13.7. The predicted molar refractivity (Wildman–Crippen MR) is 83.6 cm³/mol. The second kappa shape index (κ2) is 6.92. The van der Waals surface area contributed by atoms with Crippen LogP contribution in [-0.4, -0.2) is 36.6 Å². The Bertz CT molecular complexity index is 421. The average molecular weight is 286 g/mol. The molecule has 0 bridgehead atoms. The van der Waals surface area contributed by atoms with Crippen LogP contribution in [0.2, 0.25) is 5.02 Å². The van der Waals surface area contributed by atoms with Gasteiger partial charge in [0.05, 0.1) is 0 Å². The molecule has 0 saturated heterocycles. The molecule has 0 amide bonds. The SMILES string of the molecule is CC(CCN(C)C)Nc1ccc(Cl)cc1C(N)=S.